The van der Waals surface area contributed by atoms with Crippen molar-refractivity contribution in [3.05, 3.63) is 87.3 Å². The van der Waals surface area contributed by atoms with Crippen molar-refractivity contribution in [1.82, 2.24) is 15.1 Å². The Balaban J connectivity index is 0.939. The number of fused-ring (bicyclic) bond motifs is 1. The van der Waals surface area contributed by atoms with E-state index in [1.54, 1.807) is 18.2 Å². The number of ether oxygens (including phenoxy) is 4. The van der Waals surface area contributed by atoms with E-state index in [4.69, 9.17) is 24.2 Å². The van der Waals surface area contributed by atoms with Gasteiger partial charge < -0.3 is 24.3 Å². The lowest BCUT2D eigenvalue weighted by Gasteiger charge is -2.27. The number of hydrogen-bond acceptors (Lipinski definition) is 13. The topological polar surface area (TPSA) is 194 Å². The standard InChI is InChI=1S/C38H32F3N5O10S/c1-53-29-18-21(5-9-28(29)56-27-8-6-22(20-42)17-24(27)38(39,40)41)19-30-35(50)45(37(52)57-30)12-14-55-16-15-54-13-11-43-25-4-2-3-23-32(25)36(51)46(34(23)49)26-7-10-31(47)44-33(26)48/h2-6,8-9,17-19,26,43H,7,10-16H2,1H3,(H,44,47,48). The molecule has 3 aliphatic heterocycles. The van der Waals surface area contributed by atoms with Crippen molar-refractivity contribution in [3.63, 3.8) is 0 Å². The highest BCUT2D eigenvalue weighted by Gasteiger charge is 2.45. The maximum atomic E-state index is 13.6. The number of nitrogens with zero attached hydrogens (tertiary/aromatic N) is 3. The average Bonchev–Trinajstić information content (AvgIpc) is 3.59. The van der Waals surface area contributed by atoms with Gasteiger partial charge in [0.05, 0.1) is 73.3 Å². The van der Waals surface area contributed by atoms with Crippen molar-refractivity contribution in [3.8, 4) is 23.3 Å². The molecule has 57 heavy (non-hydrogen) atoms. The number of carbonyl (C=O) groups is 6. The van der Waals surface area contributed by atoms with Crippen molar-refractivity contribution in [2.75, 3.05) is 51.9 Å². The van der Waals surface area contributed by atoms with Crippen molar-refractivity contribution < 1.29 is 60.9 Å². The lowest BCUT2D eigenvalue weighted by molar-refractivity contribution is -0.139. The number of imide groups is 3. The molecule has 296 valence electrons. The van der Waals surface area contributed by atoms with Gasteiger partial charge in [-0.05, 0) is 72.3 Å². The predicted molar refractivity (Wildman–Crippen MR) is 195 cm³/mol. The number of hydrogen-bond donors (Lipinski definition) is 2. The molecule has 2 fully saturated rings. The van der Waals surface area contributed by atoms with Gasteiger partial charge in [-0.25, -0.2) is 0 Å². The van der Waals surface area contributed by atoms with Crippen molar-refractivity contribution in [2.45, 2.75) is 25.1 Å². The lowest BCUT2D eigenvalue weighted by Crippen LogP contribution is -2.54. The van der Waals surface area contributed by atoms with Gasteiger partial charge in [0.25, 0.3) is 23.0 Å². The summed E-state index contributed by atoms with van der Waals surface area (Å²) in [6.07, 6.45) is -3.29. The highest BCUT2D eigenvalue weighted by molar-refractivity contribution is 8.18. The molecule has 1 unspecified atom stereocenters. The van der Waals surface area contributed by atoms with Gasteiger partial charge >= 0.3 is 6.18 Å². The number of piperidine rings is 1. The summed E-state index contributed by atoms with van der Waals surface area (Å²) in [7, 11) is 1.29. The van der Waals surface area contributed by atoms with Crippen molar-refractivity contribution >= 4 is 58.3 Å². The van der Waals surface area contributed by atoms with E-state index in [0.29, 0.717) is 29.1 Å². The van der Waals surface area contributed by atoms with E-state index in [2.05, 4.69) is 10.6 Å². The summed E-state index contributed by atoms with van der Waals surface area (Å²) in [4.78, 5) is 77.8. The normalized spacial score (nSPS) is 17.6. The molecule has 0 bridgehead atoms. The van der Waals surface area contributed by atoms with Gasteiger partial charge in [-0.15, -0.1) is 0 Å². The number of nitriles is 1. The minimum Gasteiger partial charge on any atom is -0.493 e. The fraction of sp³-hybridized carbons (Fsp3) is 0.289. The van der Waals surface area contributed by atoms with Crippen LogP contribution < -0.4 is 20.1 Å². The maximum Gasteiger partial charge on any atom is 0.420 e. The van der Waals surface area contributed by atoms with Crippen LogP contribution in [0.25, 0.3) is 6.08 Å². The van der Waals surface area contributed by atoms with E-state index in [9.17, 15) is 41.9 Å². The molecule has 0 saturated carbocycles. The monoisotopic (exact) mass is 807 g/mol. The lowest BCUT2D eigenvalue weighted by atomic mass is 10.0. The van der Waals surface area contributed by atoms with Crippen LogP contribution in [0.2, 0.25) is 0 Å². The molecule has 6 rings (SSSR count). The summed E-state index contributed by atoms with van der Waals surface area (Å²) in [5.74, 6) is -3.49. The van der Waals surface area contributed by atoms with E-state index < -0.39 is 58.3 Å². The van der Waals surface area contributed by atoms with Crippen molar-refractivity contribution in [1.29, 1.82) is 5.26 Å². The zero-order valence-electron chi connectivity index (χ0n) is 30.0. The summed E-state index contributed by atoms with van der Waals surface area (Å²) in [5, 5.41) is 13.7. The maximum absolute atomic E-state index is 13.6. The van der Waals surface area contributed by atoms with Gasteiger partial charge in [-0.1, -0.05) is 12.1 Å². The third-order valence-corrected chi connectivity index (χ3v) is 9.76. The predicted octanol–water partition coefficient (Wildman–Crippen LogP) is 4.96. The SMILES string of the molecule is COc1cc(C=C2SC(=O)N(CCOCCOCCNc3cccc4c3C(=O)N(C3CCC(=O)NC3=O)C4=O)C2=O)ccc1Oc1ccc(C#N)cc1C(F)(F)F. The fourth-order valence-electron chi connectivity index (χ4n) is 6.13. The molecule has 3 aliphatic rings. The number of nitrogens with one attached hydrogen (secondary N) is 2. The molecule has 2 N–H and O–H groups in total. The first-order valence-electron chi connectivity index (χ1n) is 17.3. The van der Waals surface area contributed by atoms with Crippen LogP contribution in [0.15, 0.2) is 59.5 Å². The average molecular weight is 808 g/mol. The van der Waals surface area contributed by atoms with E-state index in [1.165, 1.54) is 43.5 Å². The second kappa shape index (κ2) is 17.3. The van der Waals surface area contributed by atoms with E-state index in [1.807, 2.05) is 0 Å². The van der Waals surface area contributed by atoms with Crippen LogP contribution in [0.5, 0.6) is 17.2 Å². The number of rotatable bonds is 15. The zero-order chi connectivity index (χ0) is 40.9. The Hall–Kier alpha value is -6.23. The summed E-state index contributed by atoms with van der Waals surface area (Å²) < 4.78 is 62.8. The van der Waals surface area contributed by atoms with Crippen LogP contribution in [0.3, 0.4) is 0 Å². The highest BCUT2D eigenvalue weighted by atomic mass is 32.2. The first-order chi connectivity index (χ1) is 27.3. The number of alkyl halides is 3. The van der Waals surface area contributed by atoms with Crippen LogP contribution in [0.1, 0.15) is 50.2 Å². The Morgan fingerprint density at radius 3 is 2.40 bits per heavy atom. The van der Waals surface area contributed by atoms with E-state index >= 15 is 0 Å². The van der Waals surface area contributed by atoms with Crippen LogP contribution in [0.4, 0.5) is 23.7 Å². The van der Waals surface area contributed by atoms with E-state index in [0.717, 1.165) is 15.9 Å². The van der Waals surface area contributed by atoms with Gasteiger partial charge in [0.2, 0.25) is 11.8 Å². The van der Waals surface area contributed by atoms with Gasteiger partial charge in [0, 0.05) is 18.7 Å². The smallest absolute Gasteiger partial charge is 0.420 e. The van der Waals surface area contributed by atoms with Gasteiger partial charge in [0.15, 0.2) is 11.5 Å². The van der Waals surface area contributed by atoms with Crippen LogP contribution in [0, 0.1) is 11.3 Å². The Bertz CT molecular complexity index is 2220. The molecule has 2 saturated heterocycles. The molecule has 3 aromatic carbocycles. The molecule has 3 heterocycles. The summed E-state index contributed by atoms with van der Waals surface area (Å²) in [6, 6.07) is 12.5. The summed E-state index contributed by atoms with van der Waals surface area (Å²) >= 11 is 0.711. The molecule has 0 aromatic heterocycles. The number of amides is 6. The quantitative estimate of drug-likeness (QED) is 0.119. The molecule has 0 radical (unpaired) electrons. The summed E-state index contributed by atoms with van der Waals surface area (Å²) in [6.45, 7) is 0.758. The first-order valence-corrected chi connectivity index (χ1v) is 18.1. The number of benzene rings is 3. The fourth-order valence-corrected chi connectivity index (χ4v) is 6.99. The zero-order valence-corrected chi connectivity index (χ0v) is 30.8. The number of halogens is 3. The molecule has 6 amide bonds. The van der Waals surface area contributed by atoms with Gasteiger partial charge in [-0.3, -0.25) is 43.9 Å². The molecule has 19 heteroatoms. The minimum atomic E-state index is -4.79. The summed E-state index contributed by atoms with van der Waals surface area (Å²) in [5.41, 5.74) is -0.248. The van der Waals surface area contributed by atoms with Gasteiger partial charge in [0.1, 0.15) is 11.8 Å². The molecule has 0 spiro atoms. The Kier molecular flexibility index (Phi) is 12.3. The van der Waals surface area contributed by atoms with Gasteiger partial charge in [-0.2, -0.15) is 18.4 Å². The van der Waals surface area contributed by atoms with Crippen LogP contribution >= 0.6 is 11.8 Å². The van der Waals surface area contributed by atoms with E-state index in [-0.39, 0.29) is 85.5 Å². The Labute approximate surface area is 326 Å². The molecule has 1 atom stereocenters. The molecular weight excluding hydrogens is 776 g/mol. The third kappa shape index (κ3) is 8.93. The Morgan fingerprint density at radius 2 is 1.68 bits per heavy atom. The molecule has 0 aliphatic carbocycles. The third-order valence-electron chi connectivity index (χ3n) is 8.85. The number of carbonyl (C=O) groups excluding carboxylic acids is 6. The number of anilines is 1. The minimum absolute atomic E-state index is 0.0146. The van der Waals surface area contributed by atoms with Crippen LogP contribution in [-0.2, 0) is 30.0 Å². The molecule has 15 nitrogen and oxygen atoms in total. The number of methoxy groups -OCH3 is 1. The second-order valence-electron chi connectivity index (χ2n) is 12.5. The first kappa shape index (κ1) is 40.4. The number of thioether (sulfide) groups is 1. The second-order valence-corrected chi connectivity index (χ2v) is 13.5. The molecule has 3 aromatic rings. The van der Waals surface area contributed by atoms with Crippen molar-refractivity contribution in [2.24, 2.45) is 0 Å². The Morgan fingerprint density at radius 1 is 0.930 bits per heavy atom. The largest absolute Gasteiger partial charge is 0.493 e. The molecular formula is C38H32F3N5O10S. The highest BCUT2D eigenvalue weighted by Crippen LogP contribution is 2.42. The van der Waals surface area contributed by atoms with Crippen LogP contribution in [-0.4, -0.2) is 97.2 Å².